The van der Waals surface area contributed by atoms with Crippen LogP contribution in [-0.2, 0) is 0 Å². The van der Waals surface area contributed by atoms with Gasteiger partial charge in [-0.2, -0.15) is 0 Å². The number of piperidine rings is 1. The van der Waals surface area contributed by atoms with Crippen molar-refractivity contribution < 1.29 is 0 Å². The summed E-state index contributed by atoms with van der Waals surface area (Å²) in [6.07, 6.45) is 4.49. The molecule has 0 aliphatic carbocycles. The first-order valence-electron chi connectivity index (χ1n) is 4.96. The number of rotatable bonds is 1. The van der Waals surface area contributed by atoms with Crippen LogP contribution in [0.1, 0.15) is 24.5 Å². The van der Waals surface area contributed by atoms with Crippen molar-refractivity contribution in [1.82, 2.24) is 9.88 Å². The van der Waals surface area contributed by atoms with E-state index in [1.54, 1.807) is 0 Å². The normalized spacial score (nSPS) is 24.5. The fourth-order valence-electron chi connectivity index (χ4n) is 2.03. The highest BCUT2D eigenvalue weighted by atomic mass is 15.1. The topological polar surface area (TPSA) is 16.1 Å². The third-order valence-corrected chi connectivity index (χ3v) is 2.73. The zero-order valence-corrected chi connectivity index (χ0v) is 8.11. The van der Waals surface area contributed by atoms with Crippen LogP contribution in [-0.4, -0.2) is 30.0 Å². The molecule has 0 unspecified atom stereocenters. The Balaban J connectivity index is 2.08. The summed E-state index contributed by atoms with van der Waals surface area (Å²) in [5.74, 6) is 0.653. The molecular weight excluding hydrogens is 160 g/mol. The second kappa shape index (κ2) is 3.88. The molecule has 1 atom stereocenters. The minimum Gasteiger partial charge on any atom is -0.306 e. The molecule has 1 fully saturated rings. The molecule has 0 N–H and O–H groups in total. The van der Waals surface area contributed by atoms with E-state index in [0.717, 1.165) is 6.54 Å². The van der Waals surface area contributed by atoms with Crippen LogP contribution >= 0.6 is 0 Å². The van der Waals surface area contributed by atoms with Gasteiger partial charge in [0.05, 0.1) is 0 Å². The van der Waals surface area contributed by atoms with Gasteiger partial charge < -0.3 is 4.90 Å². The molecule has 0 spiro atoms. The largest absolute Gasteiger partial charge is 0.306 e. The zero-order valence-electron chi connectivity index (χ0n) is 8.11. The molecule has 1 saturated heterocycles. The lowest BCUT2D eigenvalue weighted by atomic mass is 9.95. The summed E-state index contributed by atoms with van der Waals surface area (Å²) in [5.41, 5.74) is 1.26. The Hall–Kier alpha value is -0.890. The number of pyridine rings is 1. The van der Waals surface area contributed by atoms with Crippen LogP contribution in [0.15, 0.2) is 24.4 Å². The monoisotopic (exact) mass is 176 g/mol. The smallest absolute Gasteiger partial charge is 0.0447 e. The highest BCUT2D eigenvalue weighted by molar-refractivity contribution is 5.10. The van der Waals surface area contributed by atoms with Gasteiger partial charge in [0.2, 0.25) is 0 Å². The van der Waals surface area contributed by atoms with Crippen molar-refractivity contribution in [2.75, 3.05) is 20.1 Å². The maximum atomic E-state index is 4.41. The first-order chi connectivity index (χ1) is 6.36. The summed E-state index contributed by atoms with van der Waals surface area (Å²) in [5, 5.41) is 0. The standard InChI is InChI=1S/C11H16N2/c1-13-8-4-5-10(9-13)11-6-2-3-7-12-11/h2-3,6-7,10H,4-5,8-9H2,1H3/t10-/m1/s1. The maximum absolute atomic E-state index is 4.41. The van der Waals surface area contributed by atoms with E-state index in [2.05, 4.69) is 29.1 Å². The summed E-state index contributed by atoms with van der Waals surface area (Å²) in [4.78, 5) is 6.80. The van der Waals surface area contributed by atoms with Gasteiger partial charge in [-0.15, -0.1) is 0 Å². The number of likely N-dealkylation sites (N-methyl/N-ethyl adjacent to an activating group) is 1. The number of nitrogens with zero attached hydrogens (tertiary/aromatic N) is 2. The molecule has 0 bridgehead atoms. The van der Waals surface area contributed by atoms with Crippen LogP contribution in [0.25, 0.3) is 0 Å². The van der Waals surface area contributed by atoms with Crippen LogP contribution in [0.3, 0.4) is 0 Å². The average molecular weight is 176 g/mol. The summed E-state index contributed by atoms with van der Waals surface area (Å²) < 4.78 is 0. The van der Waals surface area contributed by atoms with Crippen molar-refractivity contribution in [3.63, 3.8) is 0 Å². The van der Waals surface area contributed by atoms with Gasteiger partial charge in [0.1, 0.15) is 0 Å². The Morgan fingerprint density at radius 3 is 3.08 bits per heavy atom. The third kappa shape index (κ3) is 2.07. The van der Waals surface area contributed by atoms with Gasteiger partial charge in [-0.25, -0.2) is 0 Å². The second-order valence-corrected chi connectivity index (χ2v) is 3.86. The highest BCUT2D eigenvalue weighted by Gasteiger charge is 2.19. The van der Waals surface area contributed by atoms with Crippen LogP contribution in [0, 0.1) is 0 Å². The molecule has 0 saturated carbocycles. The number of likely N-dealkylation sites (tertiary alicyclic amines) is 1. The lowest BCUT2D eigenvalue weighted by Crippen LogP contribution is -2.31. The lowest BCUT2D eigenvalue weighted by Gasteiger charge is -2.29. The molecule has 2 rings (SSSR count). The van der Waals surface area contributed by atoms with Crippen molar-refractivity contribution in [3.05, 3.63) is 30.1 Å². The van der Waals surface area contributed by atoms with Crippen LogP contribution in [0.4, 0.5) is 0 Å². The Bertz CT molecular complexity index is 258. The van der Waals surface area contributed by atoms with E-state index in [-0.39, 0.29) is 0 Å². The summed E-state index contributed by atoms with van der Waals surface area (Å²) in [6, 6.07) is 6.21. The first-order valence-corrected chi connectivity index (χ1v) is 4.96. The predicted octanol–water partition coefficient (Wildman–Crippen LogP) is 1.89. The summed E-state index contributed by atoms with van der Waals surface area (Å²) in [6.45, 7) is 2.40. The van der Waals surface area contributed by atoms with E-state index in [1.165, 1.54) is 25.1 Å². The molecule has 2 heterocycles. The molecule has 0 radical (unpaired) electrons. The Labute approximate surface area is 79.6 Å². The quantitative estimate of drug-likeness (QED) is 0.649. The predicted molar refractivity (Wildman–Crippen MR) is 53.7 cm³/mol. The first kappa shape index (κ1) is 8.70. The summed E-state index contributed by atoms with van der Waals surface area (Å²) in [7, 11) is 2.19. The highest BCUT2D eigenvalue weighted by Crippen LogP contribution is 2.23. The van der Waals surface area contributed by atoms with Gasteiger partial charge in [-0.05, 0) is 38.6 Å². The van der Waals surface area contributed by atoms with E-state index in [9.17, 15) is 0 Å². The molecule has 13 heavy (non-hydrogen) atoms. The maximum Gasteiger partial charge on any atom is 0.0447 e. The van der Waals surface area contributed by atoms with Gasteiger partial charge >= 0.3 is 0 Å². The lowest BCUT2D eigenvalue weighted by molar-refractivity contribution is 0.248. The van der Waals surface area contributed by atoms with E-state index < -0.39 is 0 Å². The third-order valence-electron chi connectivity index (χ3n) is 2.73. The molecule has 1 aliphatic rings. The van der Waals surface area contributed by atoms with E-state index in [4.69, 9.17) is 0 Å². The number of hydrogen-bond acceptors (Lipinski definition) is 2. The Kier molecular flexibility index (Phi) is 2.60. The second-order valence-electron chi connectivity index (χ2n) is 3.86. The molecule has 0 aromatic carbocycles. The molecule has 1 aromatic rings. The van der Waals surface area contributed by atoms with Crippen molar-refractivity contribution in [1.29, 1.82) is 0 Å². The molecule has 70 valence electrons. The molecular formula is C11H16N2. The van der Waals surface area contributed by atoms with Crippen LogP contribution in [0.2, 0.25) is 0 Å². The Morgan fingerprint density at radius 2 is 2.38 bits per heavy atom. The van der Waals surface area contributed by atoms with E-state index in [0.29, 0.717) is 5.92 Å². The zero-order chi connectivity index (χ0) is 9.10. The number of aromatic nitrogens is 1. The fraction of sp³-hybridized carbons (Fsp3) is 0.545. The van der Waals surface area contributed by atoms with Gasteiger partial charge in [0.15, 0.2) is 0 Å². The molecule has 1 aromatic heterocycles. The van der Waals surface area contributed by atoms with Gasteiger partial charge in [-0.3, -0.25) is 4.98 Å². The van der Waals surface area contributed by atoms with Crippen LogP contribution in [0.5, 0.6) is 0 Å². The SMILES string of the molecule is CN1CCC[C@@H](c2ccccn2)C1. The van der Waals surface area contributed by atoms with Crippen molar-refractivity contribution in [2.24, 2.45) is 0 Å². The van der Waals surface area contributed by atoms with Crippen molar-refractivity contribution >= 4 is 0 Å². The molecule has 1 aliphatic heterocycles. The van der Waals surface area contributed by atoms with Crippen molar-refractivity contribution in [2.45, 2.75) is 18.8 Å². The van der Waals surface area contributed by atoms with Gasteiger partial charge in [0, 0.05) is 24.4 Å². The number of hydrogen-bond donors (Lipinski definition) is 0. The summed E-state index contributed by atoms with van der Waals surface area (Å²) >= 11 is 0. The van der Waals surface area contributed by atoms with Gasteiger partial charge in [-0.1, -0.05) is 6.07 Å². The minimum atomic E-state index is 0.653. The minimum absolute atomic E-state index is 0.653. The molecule has 2 nitrogen and oxygen atoms in total. The van der Waals surface area contributed by atoms with Crippen molar-refractivity contribution in [3.8, 4) is 0 Å². The van der Waals surface area contributed by atoms with E-state index in [1.807, 2.05) is 12.3 Å². The molecule has 0 amide bonds. The molecule has 2 heteroatoms. The van der Waals surface area contributed by atoms with Gasteiger partial charge in [0.25, 0.3) is 0 Å². The fourth-order valence-corrected chi connectivity index (χ4v) is 2.03. The average Bonchev–Trinajstić information content (AvgIpc) is 2.19. The van der Waals surface area contributed by atoms with Crippen LogP contribution < -0.4 is 0 Å². The van der Waals surface area contributed by atoms with E-state index >= 15 is 0 Å². The Morgan fingerprint density at radius 1 is 1.46 bits per heavy atom.